The molecule has 1 aliphatic heterocycles. The van der Waals surface area contributed by atoms with Gasteiger partial charge in [-0.2, -0.15) is 5.26 Å². The summed E-state index contributed by atoms with van der Waals surface area (Å²) in [6.45, 7) is 5.38. The van der Waals surface area contributed by atoms with E-state index in [1.165, 1.54) is 4.90 Å². The second-order valence-corrected chi connectivity index (χ2v) is 6.56. The molecule has 2 amide bonds. The summed E-state index contributed by atoms with van der Waals surface area (Å²) in [6, 6.07) is 9.52. The number of amides is 2. The van der Waals surface area contributed by atoms with Crippen LogP contribution in [0.2, 0.25) is 0 Å². The van der Waals surface area contributed by atoms with Gasteiger partial charge in [-0.3, -0.25) is 14.5 Å². The molecule has 0 radical (unpaired) electrons. The van der Waals surface area contributed by atoms with Crippen molar-refractivity contribution < 1.29 is 9.59 Å². The van der Waals surface area contributed by atoms with Crippen molar-refractivity contribution in [3.05, 3.63) is 46.5 Å². The molecule has 0 bridgehead atoms. The molecule has 124 valence electrons. The van der Waals surface area contributed by atoms with Crippen LogP contribution in [0.5, 0.6) is 0 Å². The van der Waals surface area contributed by atoms with Crippen molar-refractivity contribution in [2.45, 2.75) is 38.1 Å². The predicted molar refractivity (Wildman–Crippen MR) is 96.1 cm³/mol. The van der Waals surface area contributed by atoms with Gasteiger partial charge in [-0.15, -0.1) is 11.8 Å². The van der Waals surface area contributed by atoms with E-state index in [0.717, 1.165) is 10.5 Å². The predicted octanol–water partition coefficient (Wildman–Crippen LogP) is 3.80. The second-order valence-electron chi connectivity index (χ2n) is 5.68. The van der Waals surface area contributed by atoms with Gasteiger partial charge >= 0.3 is 0 Å². The quantitative estimate of drug-likeness (QED) is 0.475. The standard InChI is InChI=1S/C19H20N2O2S/c1-5-12(2)21-18(22)16(13(3)17(11-20)19(21)23)10-14-6-8-15(24-4)9-7-14/h6-10,12H,5H2,1-4H3/b16-10+. The van der Waals surface area contributed by atoms with E-state index in [4.69, 9.17) is 0 Å². The van der Waals surface area contributed by atoms with Crippen LogP contribution in [-0.2, 0) is 9.59 Å². The zero-order valence-corrected chi connectivity index (χ0v) is 15.1. The average molecular weight is 340 g/mol. The molecule has 0 aromatic heterocycles. The third-order valence-corrected chi connectivity index (χ3v) is 4.97. The summed E-state index contributed by atoms with van der Waals surface area (Å²) in [5.41, 5.74) is 1.76. The molecule has 1 aromatic carbocycles. The van der Waals surface area contributed by atoms with Crippen molar-refractivity contribution in [3.8, 4) is 6.07 Å². The fourth-order valence-electron chi connectivity index (χ4n) is 2.55. The van der Waals surface area contributed by atoms with Crippen molar-refractivity contribution in [2.75, 3.05) is 6.26 Å². The molecule has 1 heterocycles. The Kier molecular flexibility index (Phi) is 5.63. The van der Waals surface area contributed by atoms with E-state index >= 15 is 0 Å². The van der Waals surface area contributed by atoms with E-state index in [1.807, 2.05) is 50.4 Å². The Morgan fingerprint density at radius 2 is 1.88 bits per heavy atom. The normalized spacial score (nSPS) is 18.1. The molecule has 2 rings (SSSR count). The molecule has 0 aliphatic carbocycles. The fraction of sp³-hybridized carbons (Fsp3) is 0.316. The van der Waals surface area contributed by atoms with Crippen LogP contribution < -0.4 is 0 Å². The van der Waals surface area contributed by atoms with E-state index in [1.54, 1.807) is 24.8 Å². The van der Waals surface area contributed by atoms with Gasteiger partial charge in [0.25, 0.3) is 11.8 Å². The number of hydrogen-bond donors (Lipinski definition) is 0. The van der Waals surface area contributed by atoms with E-state index in [0.29, 0.717) is 17.6 Å². The molecule has 1 aliphatic rings. The topological polar surface area (TPSA) is 61.2 Å². The van der Waals surface area contributed by atoms with Gasteiger partial charge in [-0.1, -0.05) is 19.1 Å². The largest absolute Gasteiger partial charge is 0.271 e. The van der Waals surface area contributed by atoms with Crippen LogP contribution in [0.15, 0.2) is 45.9 Å². The van der Waals surface area contributed by atoms with Crippen LogP contribution in [0.4, 0.5) is 0 Å². The second kappa shape index (κ2) is 7.50. The van der Waals surface area contributed by atoms with Gasteiger partial charge in [0.05, 0.1) is 0 Å². The zero-order chi connectivity index (χ0) is 17.9. The minimum Gasteiger partial charge on any atom is -0.271 e. The lowest BCUT2D eigenvalue weighted by Gasteiger charge is -2.31. The molecular formula is C19H20N2O2S. The highest BCUT2D eigenvalue weighted by molar-refractivity contribution is 7.98. The van der Waals surface area contributed by atoms with Crippen LogP contribution in [0.1, 0.15) is 32.8 Å². The lowest BCUT2D eigenvalue weighted by atomic mass is 9.92. The molecule has 1 atom stereocenters. The van der Waals surface area contributed by atoms with Crippen molar-refractivity contribution in [1.82, 2.24) is 4.90 Å². The Morgan fingerprint density at radius 3 is 2.38 bits per heavy atom. The highest BCUT2D eigenvalue weighted by Crippen LogP contribution is 2.29. The summed E-state index contributed by atoms with van der Waals surface area (Å²) in [5.74, 6) is -0.830. The van der Waals surface area contributed by atoms with Crippen LogP contribution in [0.3, 0.4) is 0 Å². The summed E-state index contributed by atoms with van der Waals surface area (Å²) >= 11 is 1.64. The maximum absolute atomic E-state index is 12.8. The van der Waals surface area contributed by atoms with Gasteiger partial charge in [-0.25, -0.2) is 0 Å². The number of thioether (sulfide) groups is 1. The van der Waals surface area contributed by atoms with Gasteiger partial charge in [0.1, 0.15) is 11.6 Å². The maximum atomic E-state index is 12.8. The highest BCUT2D eigenvalue weighted by atomic mass is 32.2. The number of hydrogen-bond acceptors (Lipinski definition) is 4. The molecule has 0 saturated heterocycles. The Morgan fingerprint density at radius 1 is 1.25 bits per heavy atom. The van der Waals surface area contributed by atoms with Gasteiger partial charge in [-0.05, 0) is 55.9 Å². The van der Waals surface area contributed by atoms with Crippen LogP contribution in [0.25, 0.3) is 6.08 Å². The zero-order valence-electron chi connectivity index (χ0n) is 14.3. The maximum Gasteiger partial charge on any atom is 0.271 e. The van der Waals surface area contributed by atoms with Gasteiger partial charge in [0.2, 0.25) is 0 Å². The Balaban J connectivity index is 2.55. The Bertz CT molecular complexity index is 770. The molecule has 0 N–H and O–H groups in total. The van der Waals surface area contributed by atoms with Crippen LogP contribution >= 0.6 is 11.8 Å². The highest BCUT2D eigenvalue weighted by Gasteiger charge is 2.37. The molecule has 0 spiro atoms. The van der Waals surface area contributed by atoms with Gasteiger partial charge in [0.15, 0.2) is 0 Å². The lowest BCUT2D eigenvalue weighted by Crippen LogP contribution is -2.47. The summed E-state index contributed by atoms with van der Waals surface area (Å²) in [5, 5.41) is 9.35. The van der Waals surface area contributed by atoms with Crippen LogP contribution in [0, 0.1) is 11.3 Å². The molecule has 0 saturated carbocycles. The van der Waals surface area contributed by atoms with E-state index in [2.05, 4.69) is 0 Å². The smallest absolute Gasteiger partial charge is 0.271 e. The van der Waals surface area contributed by atoms with Crippen molar-refractivity contribution in [1.29, 1.82) is 5.26 Å². The fourth-order valence-corrected chi connectivity index (χ4v) is 2.96. The lowest BCUT2D eigenvalue weighted by molar-refractivity contribution is -0.142. The van der Waals surface area contributed by atoms with Gasteiger partial charge < -0.3 is 0 Å². The third kappa shape index (κ3) is 3.29. The number of carbonyl (C=O) groups is 2. The SMILES string of the molecule is CCC(C)N1C(=O)C(C#N)=C(C)/C(=C\c2ccc(SC)cc2)C1=O. The first-order chi connectivity index (χ1) is 11.4. The number of carbonyl (C=O) groups excluding carboxylic acids is 2. The Hall–Kier alpha value is -2.32. The monoisotopic (exact) mass is 340 g/mol. The number of benzene rings is 1. The van der Waals surface area contributed by atoms with Gasteiger partial charge in [0, 0.05) is 16.5 Å². The number of rotatable bonds is 4. The van der Waals surface area contributed by atoms with Crippen LogP contribution in [-0.4, -0.2) is 29.0 Å². The minimum absolute atomic E-state index is 0.0434. The van der Waals surface area contributed by atoms with E-state index < -0.39 is 5.91 Å². The number of nitriles is 1. The van der Waals surface area contributed by atoms with E-state index in [-0.39, 0.29) is 17.5 Å². The molecule has 1 unspecified atom stereocenters. The number of nitrogens with zero attached hydrogens (tertiary/aromatic N) is 2. The summed E-state index contributed by atoms with van der Waals surface area (Å²) < 4.78 is 0. The molecule has 1 aromatic rings. The van der Waals surface area contributed by atoms with Crippen molar-refractivity contribution >= 4 is 29.7 Å². The summed E-state index contributed by atoms with van der Waals surface area (Å²) in [6.07, 6.45) is 4.39. The van der Waals surface area contributed by atoms with Crippen molar-refractivity contribution in [2.24, 2.45) is 0 Å². The first kappa shape index (κ1) is 18.0. The molecule has 24 heavy (non-hydrogen) atoms. The molecule has 0 fully saturated rings. The number of imide groups is 1. The molecule has 5 heteroatoms. The average Bonchev–Trinajstić information content (AvgIpc) is 2.59. The third-order valence-electron chi connectivity index (χ3n) is 4.23. The summed E-state index contributed by atoms with van der Waals surface area (Å²) in [7, 11) is 0. The minimum atomic E-state index is -0.496. The first-order valence-corrected chi connectivity index (χ1v) is 9.02. The molecule has 4 nitrogen and oxygen atoms in total. The first-order valence-electron chi connectivity index (χ1n) is 7.79. The summed E-state index contributed by atoms with van der Waals surface area (Å²) in [4.78, 5) is 27.6. The van der Waals surface area contributed by atoms with Crippen molar-refractivity contribution in [3.63, 3.8) is 0 Å². The van der Waals surface area contributed by atoms with E-state index in [9.17, 15) is 14.9 Å². The Labute approximate surface area is 146 Å². The molecular weight excluding hydrogens is 320 g/mol.